The average Bonchev–Trinajstić information content (AvgIpc) is 2.40. The Hall–Kier alpha value is -0.560. The molecule has 0 aliphatic rings. The zero-order valence-electron chi connectivity index (χ0n) is 9.52. The molecule has 2 aromatic rings. The van der Waals surface area contributed by atoms with Crippen molar-refractivity contribution in [2.45, 2.75) is 10.3 Å². The molecule has 0 aliphatic carbocycles. The van der Waals surface area contributed by atoms with E-state index in [1.165, 1.54) is 23.5 Å². The zero-order valence-corrected chi connectivity index (χ0v) is 12.7. The molecular weight excluding hydrogens is 311 g/mol. The Morgan fingerprint density at radius 1 is 0.833 bits per heavy atom. The van der Waals surface area contributed by atoms with Crippen molar-refractivity contribution in [1.82, 2.24) is 19.9 Å². The highest BCUT2D eigenvalue weighted by molar-refractivity contribution is 7.98. The standard InChI is InChI=1S/C10H8Cl2N4S2/c1-17-9-13-3-5(11)7(15-9)8-6(12)4-14-10(16-8)18-2/h3-4H,1-2H3. The maximum Gasteiger partial charge on any atom is 0.187 e. The smallest absolute Gasteiger partial charge is 0.187 e. The highest BCUT2D eigenvalue weighted by atomic mass is 35.5. The summed E-state index contributed by atoms with van der Waals surface area (Å²) in [6, 6.07) is 0. The van der Waals surface area contributed by atoms with Crippen molar-refractivity contribution >= 4 is 46.7 Å². The van der Waals surface area contributed by atoms with Gasteiger partial charge in [0.1, 0.15) is 11.4 Å². The number of aromatic nitrogens is 4. The summed E-state index contributed by atoms with van der Waals surface area (Å²) in [6.07, 6.45) is 6.88. The lowest BCUT2D eigenvalue weighted by Gasteiger charge is -2.06. The number of halogens is 2. The van der Waals surface area contributed by atoms with Crippen LogP contribution in [-0.4, -0.2) is 32.4 Å². The molecule has 2 rings (SSSR count). The van der Waals surface area contributed by atoms with Crippen LogP contribution in [0.25, 0.3) is 11.4 Å². The molecule has 0 aliphatic heterocycles. The molecule has 0 aromatic carbocycles. The lowest BCUT2D eigenvalue weighted by atomic mass is 10.3. The summed E-state index contributed by atoms with van der Waals surface area (Å²) in [5, 5.41) is 2.07. The molecule has 0 unspecified atom stereocenters. The fourth-order valence-corrected chi connectivity index (χ4v) is 2.27. The molecule has 8 heteroatoms. The van der Waals surface area contributed by atoms with E-state index in [9.17, 15) is 0 Å². The van der Waals surface area contributed by atoms with Gasteiger partial charge in [-0.15, -0.1) is 0 Å². The summed E-state index contributed by atoms with van der Waals surface area (Å²) in [6.45, 7) is 0. The van der Waals surface area contributed by atoms with Gasteiger partial charge >= 0.3 is 0 Å². The first-order valence-corrected chi connectivity index (χ1v) is 7.99. The van der Waals surface area contributed by atoms with Crippen molar-refractivity contribution in [2.24, 2.45) is 0 Å². The number of rotatable bonds is 3. The van der Waals surface area contributed by atoms with E-state index >= 15 is 0 Å². The summed E-state index contributed by atoms with van der Waals surface area (Å²) in [5.74, 6) is 0. The van der Waals surface area contributed by atoms with Crippen LogP contribution in [0.4, 0.5) is 0 Å². The van der Waals surface area contributed by atoms with Crippen LogP contribution in [0.15, 0.2) is 22.7 Å². The van der Waals surface area contributed by atoms with Crippen LogP contribution in [0.3, 0.4) is 0 Å². The van der Waals surface area contributed by atoms with Crippen molar-refractivity contribution in [2.75, 3.05) is 12.5 Å². The Morgan fingerprint density at radius 3 is 1.56 bits per heavy atom. The summed E-state index contributed by atoms with van der Waals surface area (Å²) in [5.41, 5.74) is 1.05. The van der Waals surface area contributed by atoms with E-state index in [-0.39, 0.29) is 0 Å². The normalized spacial score (nSPS) is 10.7. The van der Waals surface area contributed by atoms with Crippen molar-refractivity contribution < 1.29 is 0 Å². The minimum absolute atomic E-state index is 0.417. The van der Waals surface area contributed by atoms with Gasteiger partial charge in [-0.1, -0.05) is 46.7 Å². The monoisotopic (exact) mass is 318 g/mol. The van der Waals surface area contributed by atoms with Gasteiger partial charge in [-0.3, -0.25) is 0 Å². The van der Waals surface area contributed by atoms with Gasteiger partial charge in [-0.05, 0) is 12.5 Å². The van der Waals surface area contributed by atoms with E-state index in [1.54, 1.807) is 12.4 Å². The molecule has 4 nitrogen and oxygen atoms in total. The molecule has 2 heterocycles. The number of thioether (sulfide) groups is 2. The van der Waals surface area contributed by atoms with Gasteiger partial charge in [-0.25, -0.2) is 19.9 Å². The molecule has 0 spiro atoms. The highest BCUT2D eigenvalue weighted by Crippen LogP contribution is 2.31. The van der Waals surface area contributed by atoms with Crippen molar-refractivity contribution in [3.05, 3.63) is 22.4 Å². The Morgan fingerprint density at radius 2 is 1.22 bits per heavy atom. The molecule has 2 aromatic heterocycles. The molecule has 0 N–H and O–H groups in total. The van der Waals surface area contributed by atoms with E-state index < -0.39 is 0 Å². The van der Waals surface area contributed by atoms with Gasteiger partial charge in [0, 0.05) is 0 Å². The molecule has 0 radical (unpaired) electrons. The Kier molecular flexibility index (Phi) is 4.66. The molecule has 18 heavy (non-hydrogen) atoms. The number of nitrogens with zero attached hydrogens (tertiary/aromatic N) is 4. The first-order valence-electron chi connectivity index (χ1n) is 4.79. The predicted molar refractivity (Wildman–Crippen MR) is 76.6 cm³/mol. The molecule has 0 saturated heterocycles. The SMILES string of the molecule is CSc1ncc(Cl)c(-c2nc(SC)ncc2Cl)n1. The third-order valence-electron chi connectivity index (χ3n) is 2.03. The first kappa shape index (κ1) is 13.9. The lowest BCUT2D eigenvalue weighted by molar-refractivity contribution is 0.940. The molecule has 0 amide bonds. The van der Waals surface area contributed by atoms with E-state index in [1.807, 2.05) is 12.5 Å². The van der Waals surface area contributed by atoms with E-state index in [0.29, 0.717) is 31.7 Å². The van der Waals surface area contributed by atoms with Gasteiger partial charge in [0.2, 0.25) is 0 Å². The summed E-state index contributed by atoms with van der Waals surface area (Å²) in [4.78, 5) is 16.8. The van der Waals surface area contributed by atoms with Gasteiger partial charge in [0.15, 0.2) is 10.3 Å². The van der Waals surface area contributed by atoms with Crippen molar-refractivity contribution in [3.8, 4) is 11.4 Å². The first-order chi connectivity index (χ1) is 8.65. The maximum atomic E-state index is 6.10. The fourth-order valence-electron chi connectivity index (χ4n) is 1.23. The molecule has 0 atom stereocenters. The van der Waals surface area contributed by atoms with Crippen LogP contribution in [0.5, 0.6) is 0 Å². The van der Waals surface area contributed by atoms with Crippen LogP contribution in [-0.2, 0) is 0 Å². The van der Waals surface area contributed by atoms with Gasteiger partial charge in [0.25, 0.3) is 0 Å². The minimum atomic E-state index is 0.417. The van der Waals surface area contributed by atoms with E-state index in [4.69, 9.17) is 23.2 Å². The second kappa shape index (κ2) is 6.06. The fraction of sp³-hybridized carbons (Fsp3) is 0.200. The lowest BCUT2D eigenvalue weighted by Crippen LogP contribution is -1.96. The third-order valence-corrected chi connectivity index (χ3v) is 3.71. The Balaban J connectivity index is 2.60. The quantitative estimate of drug-likeness (QED) is 0.635. The second-order valence-corrected chi connectivity index (χ2v) is 5.47. The highest BCUT2D eigenvalue weighted by Gasteiger charge is 2.14. The van der Waals surface area contributed by atoms with Gasteiger partial charge in [0.05, 0.1) is 22.4 Å². The maximum absolute atomic E-state index is 6.10. The topological polar surface area (TPSA) is 51.6 Å². The average molecular weight is 319 g/mol. The van der Waals surface area contributed by atoms with Crippen molar-refractivity contribution in [3.63, 3.8) is 0 Å². The van der Waals surface area contributed by atoms with Crippen LogP contribution in [0.2, 0.25) is 10.0 Å². The Labute approximate surface area is 123 Å². The van der Waals surface area contributed by atoms with E-state index in [2.05, 4.69) is 19.9 Å². The number of hydrogen-bond donors (Lipinski definition) is 0. The van der Waals surface area contributed by atoms with Crippen LogP contribution in [0, 0.1) is 0 Å². The van der Waals surface area contributed by atoms with Gasteiger partial charge < -0.3 is 0 Å². The van der Waals surface area contributed by atoms with E-state index in [0.717, 1.165) is 0 Å². The minimum Gasteiger partial charge on any atom is -0.230 e. The largest absolute Gasteiger partial charge is 0.230 e. The van der Waals surface area contributed by atoms with Crippen LogP contribution >= 0.6 is 46.7 Å². The predicted octanol–water partition coefficient (Wildman–Crippen LogP) is 3.68. The molecular formula is C10H8Cl2N4S2. The molecule has 0 bridgehead atoms. The van der Waals surface area contributed by atoms with Crippen LogP contribution in [0.1, 0.15) is 0 Å². The van der Waals surface area contributed by atoms with Crippen LogP contribution < -0.4 is 0 Å². The second-order valence-electron chi connectivity index (χ2n) is 3.11. The molecule has 0 saturated carbocycles. The van der Waals surface area contributed by atoms with Gasteiger partial charge in [-0.2, -0.15) is 0 Å². The summed E-state index contributed by atoms with van der Waals surface area (Å²) in [7, 11) is 0. The molecule has 94 valence electrons. The Bertz CT molecular complexity index is 528. The third kappa shape index (κ3) is 2.88. The summed E-state index contributed by atoms with van der Waals surface area (Å²) < 4.78 is 0. The zero-order chi connectivity index (χ0) is 13.1. The van der Waals surface area contributed by atoms with Crippen molar-refractivity contribution in [1.29, 1.82) is 0 Å². The molecule has 0 fully saturated rings. The number of hydrogen-bond acceptors (Lipinski definition) is 6. The summed E-state index contributed by atoms with van der Waals surface area (Å²) >= 11 is 15.0.